The number of hydrogen-bond donors (Lipinski definition) is 3. The molecule has 0 aliphatic carbocycles. The molecule has 11 heteroatoms. The zero-order chi connectivity index (χ0) is 26.4. The van der Waals surface area contributed by atoms with Crippen molar-refractivity contribution in [3.8, 4) is 34.7 Å². The van der Waals surface area contributed by atoms with Gasteiger partial charge in [-0.3, -0.25) is 4.79 Å². The van der Waals surface area contributed by atoms with Crippen molar-refractivity contribution in [2.24, 2.45) is 0 Å². The molecule has 0 spiro atoms. The molecular weight excluding hydrogens is 510 g/mol. The van der Waals surface area contributed by atoms with Crippen molar-refractivity contribution in [1.82, 2.24) is 20.4 Å². The van der Waals surface area contributed by atoms with E-state index in [1.807, 2.05) is 36.9 Å². The van der Waals surface area contributed by atoms with Crippen LogP contribution in [-0.2, 0) is 17.6 Å². The fraction of sp³-hybridized carbons (Fsp3) is 0.407. The fourth-order valence-corrected chi connectivity index (χ4v) is 4.20. The molecule has 1 amide bonds. The van der Waals surface area contributed by atoms with E-state index in [1.54, 1.807) is 18.2 Å². The van der Waals surface area contributed by atoms with Crippen LogP contribution >= 0.6 is 12.4 Å². The second kappa shape index (κ2) is 13.3. The van der Waals surface area contributed by atoms with Crippen LogP contribution in [0.15, 0.2) is 40.9 Å². The highest BCUT2D eigenvalue weighted by molar-refractivity contribution is 5.85. The molecule has 4 rings (SSSR count). The molecule has 2 aromatic carbocycles. The highest BCUT2D eigenvalue weighted by Crippen LogP contribution is 2.29. The van der Waals surface area contributed by atoms with Gasteiger partial charge in [-0.25, -0.2) is 0 Å². The van der Waals surface area contributed by atoms with Crippen LogP contribution < -0.4 is 10.1 Å². The second-order valence-electron chi connectivity index (χ2n) is 9.24. The largest absolute Gasteiger partial charge is 0.490 e. The van der Waals surface area contributed by atoms with Crippen LogP contribution in [0.1, 0.15) is 30.5 Å². The van der Waals surface area contributed by atoms with E-state index in [2.05, 4.69) is 21.5 Å². The Morgan fingerprint density at radius 1 is 1.18 bits per heavy atom. The van der Waals surface area contributed by atoms with E-state index in [0.717, 1.165) is 17.5 Å². The van der Waals surface area contributed by atoms with E-state index >= 15 is 0 Å². The van der Waals surface area contributed by atoms with Gasteiger partial charge in [-0.1, -0.05) is 17.3 Å². The third-order valence-electron chi connectivity index (χ3n) is 6.12. The lowest BCUT2D eigenvalue weighted by Gasteiger charge is -2.20. The number of nitriles is 1. The van der Waals surface area contributed by atoms with Crippen LogP contribution in [0.2, 0.25) is 0 Å². The van der Waals surface area contributed by atoms with Crippen molar-refractivity contribution in [2.45, 2.75) is 38.9 Å². The zero-order valence-corrected chi connectivity index (χ0v) is 22.2. The summed E-state index contributed by atoms with van der Waals surface area (Å²) >= 11 is 0. The number of amides is 1. The number of halogens is 1. The number of hydrogen-bond acceptors (Lipinski definition) is 9. The zero-order valence-electron chi connectivity index (χ0n) is 21.4. The molecule has 0 bridgehead atoms. The first-order chi connectivity index (χ1) is 17.9. The van der Waals surface area contributed by atoms with Crippen molar-refractivity contribution in [1.29, 1.82) is 5.26 Å². The van der Waals surface area contributed by atoms with Gasteiger partial charge in [-0.05, 0) is 62.1 Å². The summed E-state index contributed by atoms with van der Waals surface area (Å²) < 4.78 is 11.2. The lowest BCUT2D eigenvalue weighted by atomic mass is 10.00. The van der Waals surface area contributed by atoms with Crippen LogP contribution in [0, 0.1) is 11.3 Å². The summed E-state index contributed by atoms with van der Waals surface area (Å²) in [4.78, 5) is 18.9. The lowest BCUT2D eigenvalue weighted by Crippen LogP contribution is -2.41. The predicted octanol–water partition coefficient (Wildman–Crippen LogP) is 2.35. The van der Waals surface area contributed by atoms with Crippen molar-refractivity contribution in [3.05, 3.63) is 53.1 Å². The maximum atomic E-state index is 12.6. The van der Waals surface area contributed by atoms with E-state index in [0.29, 0.717) is 48.1 Å². The Hall–Kier alpha value is -3.49. The Labute approximate surface area is 227 Å². The summed E-state index contributed by atoms with van der Waals surface area (Å²) in [6, 6.07) is 13.4. The molecule has 0 radical (unpaired) electrons. The minimum atomic E-state index is -0.878. The number of fused-ring (bicyclic) bond motifs is 1. The van der Waals surface area contributed by atoms with Gasteiger partial charge in [0.15, 0.2) is 0 Å². The normalized spacial score (nSPS) is 13.7. The fourth-order valence-electron chi connectivity index (χ4n) is 4.20. The molecule has 0 saturated carbocycles. The summed E-state index contributed by atoms with van der Waals surface area (Å²) in [6.45, 7) is 4.94. The molecule has 2 heterocycles. The Balaban J connectivity index is 0.00000400. The molecule has 1 atom stereocenters. The summed E-state index contributed by atoms with van der Waals surface area (Å²) in [5.41, 5.74) is 4.15. The Morgan fingerprint density at radius 2 is 1.92 bits per heavy atom. The Bertz CT molecular complexity index is 1290. The summed E-state index contributed by atoms with van der Waals surface area (Å²) in [5, 5.41) is 34.9. The van der Waals surface area contributed by atoms with Crippen LogP contribution in [0.3, 0.4) is 0 Å². The second-order valence-corrected chi connectivity index (χ2v) is 9.24. The monoisotopic (exact) mass is 541 g/mol. The van der Waals surface area contributed by atoms with Crippen LogP contribution in [0.5, 0.6) is 5.75 Å². The van der Waals surface area contributed by atoms with Gasteiger partial charge < -0.3 is 29.7 Å². The van der Waals surface area contributed by atoms with Gasteiger partial charge in [-0.2, -0.15) is 10.2 Å². The molecule has 0 unspecified atom stereocenters. The molecule has 1 aromatic heterocycles. The van der Waals surface area contributed by atoms with Crippen molar-refractivity contribution in [3.63, 3.8) is 0 Å². The maximum Gasteiger partial charge on any atom is 0.258 e. The third kappa shape index (κ3) is 7.08. The SMILES string of the molecule is CC(C)Oc1ccc(-c2nc(-c3ccc4c(c3)CCN(C(=O)CNC[C@H](O)CO)CC4)no2)cc1C#N.Cl. The van der Waals surface area contributed by atoms with E-state index in [4.69, 9.17) is 14.4 Å². The smallest absolute Gasteiger partial charge is 0.258 e. The van der Waals surface area contributed by atoms with E-state index in [-0.39, 0.29) is 44.1 Å². The van der Waals surface area contributed by atoms with Gasteiger partial charge in [0.1, 0.15) is 11.8 Å². The molecule has 1 aliphatic rings. The first kappa shape index (κ1) is 29.1. The number of carbonyl (C=O) groups is 1. The standard InChI is InChI=1S/C27H31N5O5.ClH/c1-17(2)36-24-6-5-21(12-22(24)13-28)27-30-26(31-37-27)20-4-3-18-7-9-32(10-8-19(18)11-20)25(35)15-29-14-23(34)16-33;/h3-6,11-12,17,23,29,33-34H,7-10,14-16H2,1-2H3;1H/t23-;/m0./s1. The lowest BCUT2D eigenvalue weighted by molar-refractivity contribution is -0.130. The summed E-state index contributed by atoms with van der Waals surface area (Å²) in [6.07, 6.45) is 0.507. The molecule has 202 valence electrons. The van der Waals surface area contributed by atoms with Crippen LogP contribution in [0.4, 0.5) is 0 Å². The molecular formula is C27H32ClN5O5. The molecule has 38 heavy (non-hydrogen) atoms. The topological polar surface area (TPSA) is 145 Å². The van der Waals surface area contributed by atoms with Crippen LogP contribution in [0.25, 0.3) is 22.8 Å². The number of carbonyl (C=O) groups excluding carboxylic acids is 1. The van der Waals surface area contributed by atoms with Gasteiger partial charge in [0.2, 0.25) is 11.7 Å². The molecule has 0 fully saturated rings. The molecule has 10 nitrogen and oxygen atoms in total. The summed E-state index contributed by atoms with van der Waals surface area (Å²) in [7, 11) is 0. The quantitative estimate of drug-likeness (QED) is 0.371. The summed E-state index contributed by atoms with van der Waals surface area (Å²) in [5.74, 6) is 1.23. The van der Waals surface area contributed by atoms with E-state index in [9.17, 15) is 15.2 Å². The first-order valence-corrected chi connectivity index (χ1v) is 12.3. The number of nitrogens with zero attached hydrogens (tertiary/aromatic N) is 4. The minimum Gasteiger partial charge on any atom is -0.490 e. The molecule has 0 saturated heterocycles. The van der Waals surface area contributed by atoms with Crippen molar-refractivity contribution < 1.29 is 24.3 Å². The van der Waals surface area contributed by atoms with E-state index < -0.39 is 6.10 Å². The van der Waals surface area contributed by atoms with Crippen LogP contribution in [-0.4, -0.2) is 76.2 Å². The van der Waals surface area contributed by atoms with Gasteiger partial charge in [-0.15, -0.1) is 12.4 Å². The van der Waals surface area contributed by atoms with E-state index in [1.165, 1.54) is 5.56 Å². The number of nitrogens with one attached hydrogen (secondary N) is 1. The number of ether oxygens (including phenoxy) is 1. The number of aliphatic hydroxyl groups is 2. The van der Waals surface area contributed by atoms with Gasteiger partial charge in [0, 0.05) is 30.8 Å². The average Bonchev–Trinajstić information content (AvgIpc) is 3.29. The average molecular weight is 542 g/mol. The third-order valence-corrected chi connectivity index (χ3v) is 6.12. The highest BCUT2D eigenvalue weighted by atomic mass is 35.5. The van der Waals surface area contributed by atoms with Crippen molar-refractivity contribution >= 4 is 18.3 Å². The molecule has 3 aromatic rings. The van der Waals surface area contributed by atoms with Crippen molar-refractivity contribution in [2.75, 3.05) is 32.8 Å². The highest BCUT2D eigenvalue weighted by Gasteiger charge is 2.20. The maximum absolute atomic E-state index is 12.6. The number of aromatic nitrogens is 2. The predicted molar refractivity (Wildman–Crippen MR) is 143 cm³/mol. The molecule has 3 N–H and O–H groups in total. The number of aliphatic hydroxyl groups excluding tert-OH is 2. The van der Waals surface area contributed by atoms with Gasteiger partial charge in [0.25, 0.3) is 5.89 Å². The first-order valence-electron chi connectivity index (χ1n) is 12.3. The Morgan fingerprint density at radius 3 is 2.63 bits per heavy atom. The minimum absolute atomic E-state index is 0. The Kier molecular flexibility index (Phi) is 10.2. The van der Waals surface area contributed by atoms with Gasteiger partial charge >= 0.3 is 0 Å². The number of rotatable bonds is 9. The van der Waals surface area contributed by atoms with Gasteiger partial charge in [0.05, 0.1) is 30.9 Å². The number of benzene rings is 2. The molecule has 1 aliphatic heterocycles.